The van der Waals surface area contributed by atoms with Gasteiger partial charge in [0.1, 0.15) is 6.10 Å². The maximum Gasteiger partial charge on any atom is 0.273 e. The number of benzene rings is 1. The number of nitro groups is 1. The fourth-order valence-corrected chi connectivity index (χ4v) is 3.33. The standard InChI is InChI=1S/C17H21N3O5/c1-12-13(4-2-5-14(12)20(23)24)16(21)18-7-9-19(10-8-18)17(22)15-6-3-11-25-15/h2,4-5,15H,3,6-11H2,1H3. The van der Waals surface area contributed by atoms with E-state index in [-0.39, 0.29) is 23.6 Å². The summed E-state index contributed by atoms with van der Waals surface area (Å²) in [6.45, 7) is 3.96. The Labute approximate surface area is 145 Å². The summed E-state index contributed by atoms with van der Waals surface area (Å²) in [7, 11) is 0. The lowest BCUT2D eigenvalue weighted by Crippen LogP contribution is -2.52. The third kappa shape index (κ3) is 3.48. The van der Waals surface area contributed by atoms with Crippen molar-refractivity contribution in [3.8, 4) is 0 Å². The summed E-state index contributed by atoms with van der Waals surface area (Å²) in [5.41, 5.74) is 0.654. The van der Waals surface area contributed by atoms with Crippen LogP contribution in [0.5, 0.6) is 0 Å². The SMILES string of the molecule is Cc1c(C(=O)N2CCN(C(=O)C3CCCO3)CC2)cccc1[N+](=O)[O-]. The van der Waals surface area contributed by atoms with Crippen molar-refractivity contribution in [2.75, 3.05) is 32.8 Å². The number of hydrogen-bond acceptors (Lipinski definition) is 5. The first-order valence-electron chi connectivity index (χ1n) is 8.42. The molecule has 2 saturated heterocycles. The Balaban J connectivity index is 1.65. The van der Waals surface area contributed by atoms with Crippen LogP contribution in [0.15, 0.2) is 18.2 Å². The zero-order valence-electron chi connectivity index (χ0n) is 14.1. The molecule has 0 spiro atoms. The number of ether oxygens (including phenoxy) is 1. The monoisotopic (exact) mass is 347 g/mol. The normalized spacial score (nSPS) is 20.6. The molecule has 2 aliphatic rings. The van der Waals surface area contributed by atoms with Crippen LogP contribution >= 0.6 is 0 Å². The molecule has 0 radical (unpaired) electrons. The minimum atomic E-state index is -0.482. The van der Waals surface area contributed by atoms with Gasteiger partial charge in [-0.1, -0.05) is 6.07 Å². The van der Waals surface area contributed by atoms with Crippen molar-refractivity contribution in [2.24, 2.45) is 0 Å². The Morgan fingerprint density at radius 3 is 2.48 bits per heavy atom. The van der Waals surface area contributed by atoms with Crippen LogP contribution in [0.4, 0.5) is 5.69 Å². The Kier molecular flexibility index (Phi) is 4.98. The zero-order valence-corrected chi connectivity index (χ0v) is 14.1. The third-order valence-corrected chi connectivity index (χ3v) is 4.82. The molecule has 2 fully saturated rings. The molecule has 8 nitrogen and oxygen atoms in total. The summed E-state index contributed by atoms with van der Waals surface area (Å²) >= 11 is 0. The van der Waals surface area contributed by atoms with Gasteiger partial charge in [0.2, 0.25) is 0 Å². The van der Waals surface area contributed by atoms with Gasteiger partial charge in [-0.25, -0.2) is 0 Å². The van der Waals surface area contributed by atoms with Crippen molar-refractivity contribution in [3.05, 3.63) is 39.4 Å². The van der Waals surface area contributed by atoms with Crippen molar-refractivity contribution >= 4 is 17.5 Å². The first-order chi connectivity index (χ1) is 12.0. The number of hydrogen-bond donors (Lipinski definition) is 0. The molecule has 1 aromatic rings. The van der Waals surface area contributed by atoms with Crippen LogP contribution in [-0.2, 0) is 9.53 Å². The lowest BCUT2D eigenvalue weighted by Gasteiger charge is -2.36. The molecule has 8 heteroatoms. The number of rotatable bonds is 3. The van der Waals surface area contributed by atoms with Crippen LogP contribution < -0.4 is 0 Å². The molecule has 1 aromatic carbocycles. The lowest BCUT2D eigenvalue weighted by molar-refractivity contribution is -0.385. The molecule has 1 atom stereocenters. The molecule has 2 heterocycles. The first-order valence-corrected chi connectivity index (χ1v) is 8.42. The van der Waals surface area contributed by atoms with E-state index in [0.717, 1.165) is 12.8 Å². The van der Waals surface area contributed by atoms with Gasteiger partial charge in [0.25, 0.3) is 17.5 Å². The van der Waals surface area contributed by atoms with Crippen molar-refractivity contribution in [1.29, 1.82) is 0 Å². The molecule has 0 bridgehead atoms. The highest BCUT2D eigenvalue weighted by atomic mass is 16.6. The summed E-state index contributed by atoms with van der Waals surface area (Å²) in [5, 5.41) is 11.0. The fourth-order valence-electron chi connectivity index (χ4n) is 3.33. The van der Waals surface area contributed by atoms with E-state index < -0.39 is 4.92 Å². The van der Waals surface area contributed by atoms with E-state index in [1.54, 1.807) is 22.8 Å². The highest BCUT2D eigenvalue weighted by Gasteiger charge is 2.32. The van der Waals surface area contributed by atoms with Crippen molar-refractivity contribution < 1.29 is 19.2 Å². The predicted octanol–water partition coefficient (Wildman–Crippen LogP) is 1.37. The number of piperazine rings is 1. The van der Waals surface area contributed by atoms with E-state index in [1.807, 2.05) is 0 Å². The van der Waals surface area contributed by atoms with E-state index in [9.17, 15) is 19.7 Å². The van der Waals surface area contributed by atoms with Gasteiger partial charge in [0, 0.05) is 50.0 Å². The van der Waals surface area contributed by atoms with E-state index >= 15 is 0 Å². The topological polar surface area (TPSA) is 93.0 Å². The molecule has 0 saturated carbocycles. The highest BCUT2D eigenvalue weighted by Crippen LogP contribution is 2.23. The number of carbonyl (C=O) groups is 2. The number of amides is 2. The van der Waals surface area contributed by atoms with Crippen LogP contribution in [-0.4, -0.2) is 65.4 Å². The molecule has 134 valence electrons. The van der Waals surface area contributed by atoms with Crippen LogP contribution in [0, 0.1) is 17.0 Å². The second-order valence-electron chi connectivity index (χ2n) is 6.33. The van der Waals surface area contributed by atoms with Crippen LogP contribution in [0.25, 0.3) is 0 Å². The van der Waals surface area contributed by atoms with Gasteiger partial charge >= 0.3 is 0 Å². The van der Waals surface area contributed by atoms with Gasteiger partial charge in [0.15, 0.2) is 0 Å². The molecule has 0 aromatic heterocycles. The fraction of sp³-hybridized carbons (Fsp3) is 0.529. The maximum absolute atomic E-state index is 12.7. The summed E-state index contributed by atoms with van der Waals surface area (Å²) in [6, 6.07) is 4.52. The maximum atomic E-state index is 12.7. The predicted molar refractivity (Wildman–Crippen MR) is 89.3 cm³/mol. The number of nitrogens with zero attached hydrogens (tertiary/aromatic N) is 3. The molecule has 2 amide bonds. The summed E-state index contributed by atoms with van der Waals surface area (Å²) in [5.74, 6) is -0.235. The van der Waals surface area contributed by atoms with Crippen LogP contribution in [0.3, 0.4) is 0 Å². The van der Waals surface area contributed by atoms with Gasteiger partial charge in [-0.3, -0.25) is 19.7 Å². The smallest absolute Gasteiger partial charge is 0.273 e. The minimum Gasteiger partial charge on any atom is -0.368 e. The molecule has 0 aliphatic carbocycles. The van der Waals surface area contributed by atoms with E-state index in [2.05, 4.69) is 0 Å². The second kappa shape index (κ2) is 7.18. The molecule has 1 unspecified atom stereocenters. The summed E-state index contributed by atoms with van der Waals surface area (Å²) in [6.07, 6.45) is 1.31. The first kappa shape index (κ1) is 17.3. The molecule has 25 heavy (non-hydrogen) atoms. The van der Waals surface area contributed by atoms with Crippen LogP contribution in [0.2, 0.25) is 0 Å². The minimum absolute atomic E-state index is 0.00358. The van der Waals surface area contributed by atoms with E-state index in [1.165, 1.54) is 12.1 Å². The van der Waals surface area contributed by atoms with Crippen LogP contribution in [0.1, 0.15) is 28.8 Å². The third-order valence-electron chi connectivity index (χ3n) is 4.82. The highest BCUT2D eigenvalue weighted by molar-refractivity contribution is 5.96. The molecule has 3 rings (SSSR count). The van der Waals surface area contributed by atoms with Gasteiger partial charge in [0.05, 0.1) is 4.92 Å². The average Bonchev–Trinajstić information content (AvgIpc) is 3.15. The quantitative estimate of drug-likeness (QED) is 0.608. The van der Waals surface area contributed by atoms with Gasteiger partial charge < -0.3 is 14.5 Å². The largest absolute Gasteiger partial charge is 0.368 e. The average molecular weight is 347 g/mol. The van der Waals surface area contributed by atoms with E-state index in [4.69, 9.17) is 4.74 Å². The lowest BCUT2D eigenvalue weighted by atomic mass is 10.1. The Morgan fingerprint density at radius 1 is 1.20 bits per heavy atom. The Morgan fingerprint density at radius 2 is 1.88 bits per heavy atom. The summed E-state index contributed by atoms with van der Waals surface area (Å²) in [4.78, 5) is 39.0. The van der Waals surface area contributed by atoms with Crippen molar-refractivity contribution in [1.82, 2.24) is 9.80 Å². The number of carbonyl (C=O) groups excluding carboxylic acids is 2. The molecular formula is C17H21N3O5. The summed E-state index contributed by atoms with van der Waals surface area (Å²) < 4.78 is 5.43. The van der Waals surface area contributed by atoms with Gasteiger partial charge in [-0.05, 0) is 25.8 Å². The van der Waals surface area contributed by atoms with Gasteiger partial charge in [-0.15, -0.1) is 0 Å². The van der Waals surface area contributed by atoms with E-state index in [0.29, 0.717) is 43.9 Å². The number of nitro benzene ring substituents is 1. The van der Waals surface area contributed by atoms with Crippen molar-refractivity contribution in [3.63, 3.8) is 0 Å². The van der Waals surface area contributed by atoms with Gasteiger partial charge in [-0.2, -0.15) is 0 Å². The Hall–Kier alpha value is -2.48. The second-order valence-corrected chi connectivity index (χ2v) is 6.33. The molecule has 2 aliphatic heterocycles. The molecular weight excluding hydrogens is 326 g/mol. The Bertz CT molecular complexity index is 692. The zero-order chi connectivity index (χ0) is 18.0. The van der Waals surface area contributed by atoms with Crippen molar-refractivity contribution in [2.45, 2.75) is 25.9 Å². The molecule has 0 N–H and O–H groups in total.